The summed E-state index contributed by atoms with van der Waals surface area (Å²) in [6.45, 7) is 6.01. The third kappa shape index (κ3) is 3.60. The molecule has 1 aromatic carbocycles. The van der Waals surface area contributed by atoms with Crippen molar-refractivity contribution in [2.75, 3.05) is 5.32 Å². The lowest BCUT2D eigenvalue weighted by Gasteiger charge is -2.12. The van der Waals surface area contributed by atoms with Gasteiger partial charge in [-0.2, -0.15) is 0 Å². The Morgan fingerprint density at radius 3 is 2.73 bits per heavy atom. The van der Waals surface area contributed by atoms with E-state index in [4.69, 9.17) is 14.9 Å². The third-order valence-electron chi connectivity index (χ3n) is 4.25. The molecule has 26 heavy (non-hydrogen) atoms. The van der Waals surface area contributed by atoms with Gasteiger partial charge >= 0.3 is 0 Å². The number of carbonyl (C=O) groups is 1. The summed E-state index contributed by atoms with van der Waals surface area (Å²) in [6.07, 6.45) is 1.45. The van der Waals surface area contributed by atoms with Crippen LogP contribution in [0.15, 0.2) is 47.1 Å². The van der Waals surface area contributed by atoms with E-state index < -0.39 is 0 Å². The Bertz CT molecular complexity index is 947. The number of furan rings is 1. The smallest absolute Gasteiger partial charge is 0.259 e. The van der Waals surface area contributed by atoms with Gasteiger partial charge in [0, 0.05) is 6.07 Å². The predicted molar refractivity (Wildman–Crippen MR) is 99.5 cm³/mol. The van der Waals surface area contributed by atoms with Crippen molar-refractivity contribution in [3.8, 4) is 11.6 Å². The standard InChI is InChI=1S/C20H21N3O3/c1-12-5-4-6-17(13(12)2)26-19-8-7-16(14(3)22-19)23-20(24)15-9-10-25-18(15)11-21/h4-10H,11,21H2,1-3H3,(H,23,24). The molecular weight excluding hydrogens is 330 g/mol. The number of hydrogen-bond donors (Lipinski definition) is 2. The van der Waals surface area contributed by atoms with E-state index in [1.165, 1.54) is 6.26 Å². The van der Waals surface area contributed by atoms with Crippen LogP contribution in [0.5, 0.6) is 11.6 Å². The molecule has 0 atom stereocenters. The van der Waals surface area contributed by atoms with Crippen LogP contribution in [0.1, 0.15) is 32.9 Å². The molecule has 3 rings (SSSR count). The number of hydrogen-bond acceptors (Lipinski definition) is 5. The largest absolute Gasteiger partial charge is 0.467 e. The van der Waals surface area contributed by atoms with Crippen LogP contribution in [0.2, 0.25) is 0 Å². The molecule has 2 heterocycles. The Kier molecular flexibility index (Phi) is 5.04. The van der Waals surface area contributed by atoms with Gasteiger partial charge in [0.1, 0.15) is 11.5 Å². The van der Waals surface area contributed by atoms with Crippen LogP contribution in [-0.4, -0.2) is 10.9 Å². The van der Waals surface area contributed by atoms with Gasteiger partial charge in [-0.1, -0.05) is 12.1 Å². The number of carbonyl (C=O) groups excluding carboxylic acids is 1. The summed E-state index contributed by atoms with van der Waals surface area (Å²) in [5.41, 5.74) is 9.46. The number of ether oxygens (including phenoxy) is 1. The first-order chi connectivity index (χ1) is 12.5. The summed E-state index contributed by atoms with van der Waals surface area (Å²) in [6, 6.07) is 11.0. The Hall–Kier alpha value is -3.12. The molecule has 6 nitrogen and oxygen atoms in total. The number of amides is 1. The Balaban J connectivity index is 1.77. The molecule has 0 aliphatic rings. The number of aromatic nitrogens is 1. The number of aryl methyl sites for hydroxylation is 2. The van der Waals surface area contributed by atoms with Crippen molar-refractivity contribution in [3.63, 3.8) is 0 Å². The Morgan fingerprint density at radius 1 is 1.19 bits per heavy atom. The minimum atomic E-state index is -0.285. The molecule has 0 bridgehead atoms. The van der Waals surface area contributed by atoms with E-state index in [0.717, 1.165) is 16.9 Å². The molecule has 0 fully saturated rings. The molecule has 0 saturated heterocycles. The lowest BCUT2D eigenvalue weighted by molar-refractivity contribution is 0.102. The first-order valence-corrected chi connectivity index (χ1v) is 8.29. The summed E-state index contributed by atoms with van der Waals surface area (Å²) in [4.78, 5) is 16.8. The zero-order valence-corrected chi connectivity index (χ0v) is 15.0. The molecule has 134 valence electrons. The summed E-state index contributed by atoms with van der Waals surface area (Å²) >= 11 is 0. The van der Waals surface area contributed by atoms with Crippen LogP contribution in [0.4, 0.5) is 5.69 Å². The second-order valence-electron chi connectivity index (χ2n) is 6.00. The van der Waals surface area contributed by atoms with E-state index in [0.29, 0.717) is 28.6 Å². The fourth-order valence-electron chi connectivity index (χ4n) is 2.57. The van der Waals surface area contributed by atoms with Crippen LogP contribution in [0.25, 0.3) is 0 Å². The average molecular weight is 351 g/mol. The molecule has 0 spiro atoms. The molecule has 3 aromatic rings. The lowest BCUT2D eigenvalue weighted by Crippen LogP contribution is -2.15. The van der Waals surface area contributed by atoms with Crippen molar-refractivity contribution in [3.05, 3.63) is 70.8 Å². The van der Waals surface area contributed by atoms with Crippen LogP contribution >= 0.6 is 0 Å². The van der Waals surface area contributed by atoms with E-state index >= 15 is 0 Å². The minimum Gasteiger partial charge on any atom is -0.467 e. The van der Waals surface area contributed by atoms with Gasteiger partial charge in [0.15, 0.2) is 0 Å². The molecule has 0 saturated carbocycles. The van der Waals surface area contributed by atoms with Crippen molar-refractivity contribution in [2.24, 2.45) is 5.73 Å². The molecule has 3 N–H and O–H groups in total. The van der Waals surface area contributed by atoms with Crippen molar-refractivity contribution >= 4 is 11.6 Å². The molecule has 0 unspecified atom stereocenters. The normalized spacial score (nSPS) is 10.6. The van der Waals surface area contributed by atoms with E-state index in [1.54, 1.807) is 18.2 Å². The summed E-state index contributed by atoms with van der Waals surface area (Å²) < 4.78 is 11.1. The first kappa shape index (κ1) is 17.7. The second-order valence-corrected chi connectivity index (χ2v) is 6.00. The maximum Gasteiger partial charge on any atom is 0.259 e. The maximum absolute atomic E-state index is 12.4. The zero-order valence-electron chi connectivity index (χ0n) is 15.0. The van der Waals surface area contributed by atoms with Crippen LogP contribution < -0.4 is 15.8 Å². The highest BCUT2D eigenvalue weighted by Crippen LogP contribution is 2.27. The predicted octanol–water partition coefficient (Wildman–Crippen LogP) is 4.10. The number of pyridine rings is 1. The topological polar surface area (TPSA) is 90.4 Å². The molecule has 1 amide bonds. The zero-order chi connectivity index (χ0) is 18.7. The van der Waals surface area contributed by atoms with Crippen molar-refractivity contribution in [1.82, 2.24) is 4.98 Å². The number of anilines is 1. The van der Waals surface area contributed by atoms with Gasteiger partial charge < -0.3 is 20.2 Å². The molecule has 0 aliphatic carbocycles. The van der Waals surface area contributed by atoms with Crippen molar-refractivity contribution in [1.29, 1.82) is 0 Å². The van der Waals surface area contributed by atoms with Crippen LogP contribution in [0.3, 0.4) is 0 Å². The van der Waals surface area contributed by atoms with Crippen LogP contribution in [0, 0.1) is 20.8 Å². The third-order valence-corrected chi connectivity index (χ3v) is 4.25. The number of nitrogens with one attached hydrogen (secondary N) is 1. The fourth-order valence-corrected chi connectivity index (χ4v) is 2.57. The van der Waals surface area contributed by atoms with E-state index in [1.807, 2.05) is 39.0 Å². The number of nitrogens with two attached hydrogens (primary N) is 1. The van der Waals surface area contributed by atoms with E-state index in [9.17, 15) is 4.79 Å². The Morgan fingerprint density at radius 2 is 2.00 bits per heavy atom. The van der Waals surface area contributed by atoms with Gasteiger partial charge in [-0.15, -0.1) is 0 Å². The van der Waals surface area contributed by atoms with Gasteiger partial charge in [0.25, 0.3) is 5.91 Å². The van der Waals surface area contributed by atoms with Gasteiger partial charge in [0.05, 0.1) is 29.8 Å². The Labute approximate surface area is 152 Å². The SMILES string of the molecule is Cc1cccc(Oc2ccc(NC(=O)c3ccoc3CN)c(C)n2)c1C. The fraction of sp³-hybridized carbons (Fsp3) is 0.200. The van der Waals surface area contributed by atoms with Crippen LogP contribution in [-0.2, 0) is 6.54 Å². The molecule has 6 heteroatoms. The quantitative estimate of drug-likeness (QED) is 0.722. The summed E-state index contributed by atoms with van der Waals surface area (Å²) in [5.74, 6) is 1.40. The molecule has 0 radical (unpaired) electrons. The minimum absolute atomic E-state index is 0.162. The second kappa shape index (κ2) is 7.41. The van der Waals surface area contributed by atoms with Crippen molar-refractivity contribution in [2.45, 2.75) is 27.3 Å². The molecule has 2 aromatic heterocycles. The number of rotatable bonds is 5. The lowest BCUT2D eigenvalue weighted by atomic mass is 10.1. The van der Waals surface area contributed by atoms with E-state index in [2.05, 4.69) is 10.3 Å². The maximum atomic E-state index is 12.4. The number of nitrogens with zero attached hydrogens (tertiary/aromatic N) is 1. The summed E-state index contributed by atoms with van der Waals surface area (Å²) in [5, 5.41) is 2.83. The average Bonchev–Trinajstić information content (AvgIpc) is 3.10. The molecular formula is C20H21N3O3. The molecule has 0 aliphatic heterocycles. The highest BCUT2D eigenvalue weighted by molar-refractivity contribution is 6.05. The van der Waals surface area contributed by atoms with Gasteiger partial charge in [0.2, 0.25) is 5.88 Å². The van der Waals surface area contributed by atoms with Gasteiger partial charge in [-0.25, -0.2) is 4.98 Å². The highest BCUT2D eigenvalue weighted by atomic mass is 16.5. The monoisotopic (exact) mass is 351 g/mol. The first-order valence-electron chi connectivity index (χ1n) is 8.29. The van der Waals surface area contributed by atoms with E-state index in [-0.39, 0.29) is 12.5 Å². The number of benzene rings is 1. The summed E-state index contributed by atoms with van der Waals surface area (Å²) in [7, 11) is 0. The van der Waals surface area contributed by atoms with Crippen molar-refractivity contribution < 1.29 is 13.9 Å². The highest BCUT2D eigenvalue weighted by Gasteiger charge is 2.15. The van der Waals surface area contributed by atoms with Gasteiger partial charge in [-0.3, -0.25) is 4.79 Å². The van der Waals surface area contributed by atoms with Gasteiger partial charge in [-0.05, 0) is 50.1 Å².